The van der Waals surface area contributed by atoms with Crippen molar-refractivity contribution in [2.75, 3.05) is 17.2 Å². The highest BCUT2D eigenvalue weighted by atomic mass is 35.5. The van der Waals surface area contributed by atoms with E-state index in [1.807, 2.05) is 0 Å². The molecule has 2 heterocycles. The van der Waals surface area contributed by atoms with E-state index in [0.717, 1.165) is 12.1 Å². The lowest BCUT2D eigenvalue weighted by atomic mass is 10.2. The molecule has 0 atom stereocenters. The molecule has 2 aromatic heterocycles. The summed E-state index contributed by atoms with van der Waals surface area (Å²) < 4.78 is 25.1. The SMILES string of the molecule is C[Si](C)(C)CCOCn1nnnc1NCc1nonc1C(=O)Nc1ccc(F)c(Cl)c1. The first-order valence-corrected chi connectivity index (χ1v) is 13.5. The average molecular weight is 469 g/mol. The van der Waals surface area contributed by atoms with E-state index >= 15 is 0 Å². The van der Waals surface area contributed by atoms with Crippen molar-refractivity contribution in [1.82, 2.24) is 30.5 Å². The number of nitrogens with zero attached hydrogens (tertiary/aromatic N) is 6. The number of amides is 1. The van der Waals surface area contributed by atoms with Crippen LogP contribution in [-0.2, 0) is 18.0 Å². The summed E-state index contributed by atoms with van der Waals surface area (Å²) in [6, 6.07) is 4.84. The predicted octanol–water partition coefficient (Wildman–Crippen LogP) is 3.03. The monoisotopic (exact) mass is 468 g/mol. The number of carbonyl (C=O) groups excluding carboxylic acids is 1. The number of hydrogen-bond donors (Lipinski definition) is 2. The summed E-state index contributed by atoms with van der Waals surface area (Å²) in [7, 11) is -1.19. The molecule has 3 rings (SSSR count). The van der Waals surface area contributed by atoms with Gasteiger partial charge in [-0.1, -0.05) is 41.5 Å². The van der Waals surface area contributed by atoms with Gasteiger partial charge in [0.1, 0.15) is 18.2 Å². The highest BCUT2D eigenvalue weighted by molar-refractivity contribution is 6.76. The van der Waals surface area contributed by atoms with Crippen molar-refractivity contribution in [3.8, 4) is 0 Å². The molecule has 0 aliphatic carbocycles. The Hall–Kier alpha value is -2.90. The molecular formula is C17H22ClFN8O3Si. The van der Waals surface area contributed by atoms with Gasteiger partial charge >= 0.3 is 0 Å². The standard InChI is InChI=1S/C17H22ClFN8O3Si/c1-31(2,3)7-6-29-10-27-17(22-25-26-27)20-9-14-15(24-30-23-14)16(28)21-11-4-5-13(19)12(18)8-11/h4-5,8H,6-7,9-10H2,1-3H3,(H,21,28)(H,20,22,26). The second kappa shape index (κ2) is 9.94. The summed E-state index contributed by atoms with van der Waals surface area (Å²) in [5.41, 5.74) is 0.496. The fraction of sp³-hybridized carbons (Fsp3) is 0.412. The fourth-order valence-electron chi connectivity index (χ4n) is 2.37. The van der Waals surface area contributed by atoms with Crippen LogP contribution in [-0.4, -0.2) is 51.1 Å². The van der Waals surface area contributed by atoms with E-state index in [1.165, 1.54) is 16.8 Å². The molecule has 0 saturated heterocycles. The van der Waals surface area contributed by atoms with Crippen molar-refractivity contribution in [3.05, 3.63) is 40.4 Å². The Bertz CT molecular complexity index is 1040. The highest BCUT2D eigenvalue weighted by Crippen LogP contribution is 2.20. The van der Waals surface area contributed by atoms with Crippen molar-refractivity contribution in [2.45, 2.75) is 39.0 Å². The predicted molar refractivity (Wildman–Crippen MR) is 113 cm³/mol. The largest absolute Gasteiger partial charge is 0.359 e. The maximum absolute atomic E-state index is 13.3. The smallest absolute Gasteiger partial charge is 0.279 e. The van der Waals surface area contributed by atoms with Crippen LogP contribution in [0.2, 0.25) is 30.7 Å². The van der Waals surface area contributed by atoms with Crippen LogP contribution in [0.3, 0.4) is 0 Å². The molecule has 2 N–H and O–H groups in total. The maximum Gasteiger partial charge on any atom is 0.279 e. The third-order valence-corrected chi connectivity index (χ3v) is 6.10. The second-order valence-electron chi connectivity index (χ2n) is 7.85. The summed E-state index contributed by atoms with van der Waals surface area (Å²) >= 11 is 5.73. The molecule has 11 nitrogen and oxygen atoms in total. The molecule has 0 fully saturated rings. The van der Waals surface area contributed by atoms with Gasteiger partial charge in [0, 0.05) is 20.4 Å². The van der Waals surface area contributed by atoms with Crippen LogP contribution in [0.4, 0.5) is 16.0 Å². The van der Waals surface area contributed by atoms with Crippen LogP contribution >= 0.6 is 11.6 Å². The van der Waals surface area contributed by atoms with E-state index in [2.05, 4.69) is 56.1 Å². The molecule has 0 radical (unpaired) electrons. The first kappa shape index (κ1) is 22.8. The molecule has 0 aliphatic heterocycles. The van der Waals surface area contributed by atoms with Crippen LogP contribution in [0.25, 0.3) is 0 Å². The van der Waals surface area contributed by atoms with E-state index in [0.29, 0.717) is 18.2 Å². The first-order valence-electron chi connectivity index (χ1n) is 9.38. The van der Waals surface area contributed by atoms with Crippen LogP contribution in [0.1, 0.15) is 16.2 Å². The zero-order chi connectivity index (χ0) is 22.4. The van der Waals surface area contributed by atoms with Gasteiger partial charge in [0.15, 0.2) is 5.69 Å². The van der Waals surface area contributed by atoms with Crippen LogP contribution in [0, 0.1) is 5.82 Å². The Kier molecular flexibility index (Phi) is 7.30. The van der Waals surface area contributed by atoms with Crippen molar-refractivity contribution in [3.63, 3.8) is 0 Å². The lowest BCUT2D eigenvalue weighted by Gasteiger charge is -2.15. The Balaban J connectivity index is 1.57. The average Bonchev–Trinajstić information content (AvgIpc) is 3.34. The summed E-state index contributed by atoms with van der Waals surface area (Å²) in [5.74, 6) is -0.836. The number of rotatable bonds is 10. The minimum atomic E-state index is -1.19. The van der Waals surface area contributed by atoms with Gasteiger partial charge in [0.05, 0.1) is 11.6 Å². The lowest BCUT2D eigenvalue weighted by Crippen LogP contribution is -2.22. The van der Waals surface area contributed by atoms with Gasteiger partial charge in [0.2, 0.25) is 5.95 Å². The van der Waals surface area contributed by atoms with E-state index in [9.17, 15) is 9.18 Å². The third kappa shape index (κ3) is 6.54. The number of benzene rings is 1. The summed E-state index contributed by atoms with van der Waals surface area (Å²) in [6.07, 6.45) is 0. The molecule has 1 aromatic carbocycles. The van der Waals surface area contributed by atoms with Crippen molar-refractivity contribution in [2.24, 2.45) is 0 Å². The van der Waals surface area contributed by atoms with Crippen LogP contribution in [0.15, 0.2) is 22.8 Å². The molecule has 31 heavy (non-hydrogen) atoms. The quantitative estimate of drug-likeness (QED) is 0.340. The molecule has 14 heteroatoms. The van der Waals surface area contributed by atoms with Gasteiger partial charge in [-0.25, -0.2) is 9.02 Å². The number of hydrogen-bond acceptors (Lipinski definition) is 9. The van der Waals surface area contributed by atoms with E-state index in [1.54, 1.807) is 0 Å². The molecular weight excluding hydrogens is 447 g/mol. The maximum atomic E-state index is 13.3. The van der Waals surface area contributed by atoms with Crippen LogP contribution < -0.4 is 10.6 Å². The Morgan fingerprint density at radius 3 is 2.87 bits per heavy atom. The van der Waals surface area contributed by atoms with Gasteiger partial charge in [-0.05, 0) is 39.8 Å². The van der Waals surface area contributed by atoms with Crippen LogP contribution in [0.5, 0.6) is 0 Å². The van der Waals surface area contributed by atoms with Crippen molar-refractivity contribution >= 4 is 37.2 Å². The minimum absolute atomic E-state index is 0.0432. The van der Waals surface area contributed by atoms with E-state index in [4.69, 9.17) is 21.0 Å². The molecule has 3 aromatic rings. The molecule has 0 saturated carbocycles. The number of carbonyl (C=O) groups is 1. The summed E-state index contributed by atoms with van der Waals surface area (Å²) in [5, 5.41) is 24.2. The summed E-state index contributed by atoms with van der Waals surface area (Å²) in [6.45, 7) is 7.70. The highest BCUT2D eigenvalue weighted by Gasteiger charge is 2.20. The first-order chi connectivity index (χ1) is 14.7. The number of aromatic nitrogens is 6. The molecule has 0 spiro atoms. The van der Waals surface area contributed by atoms with E-state index < -0.39 is 19.8 Å². The second-order valence-corrected chi connectivity index (χ2v) is 13.9. The van der Waals surface area contributed by atoms with Gasteiger partial charge in [-0.15, -0.1) is 0 Å². The minimum Gasteiger partial charge on any atom is -0.359 e. The van der Waals surface area contributed by atoms with Gasteiger partial charge in [0.25, 0.3) is 5.91 Å². The molecule has 0 bridgehead atoms. The number of nitrogens with one attached hydrogen (secondary N) is 2. The zero-order valence-electron chi connectivity index (χ0n) is 17.2. The number of anilines is 2. The van der Waals surface area contributed by atoms with Crippen molar-refractivity contribution < 1.29 is 18.6 Å². The fourth-order valence-corrected chi connectivity index (χ4v) is 3.31. The molecule has 0 unspecified atom stereocenters. The Morgan fingerprint density at radius 2 is 2.13 bits per heavy atom. The summed E-state index contributed by atoms with van der Waals surface area (Å²) in [4.78, 5) is 12.5. The van der Waals surface area contributed by atoms with Gasteiger partial charge < -0.3 is 15.4 Å². The van der Waals surface area contributed by atoms with Gasteiger partial charge in [-0.2, -0.15) is 4.68 Å². The number of tetrazole rings is 1. The topological polar surface area (TPSA) is 133 Å². The third-order valence-electron chi connectivity index (χ3n) is 4.10. The molecule has 1 amide bonds. The lowest BCUT2D eigenvalue weighted by molar-refractivity contribution is 0.0786. The van der Waals surface area contributed by atoms with E-state index in [-0.39, 0.29) is 29.7 Å². The molecule has 0 aliphatic rings. The Morgan fingerprint density at radius 1 is 1.32 bits per heavy atom. The van der Waals surface area contributed by atoms with Gasteiger partial charge in [-0.3, -0.25) is 4.79 Å². The normalized spacial score (nSPS) is 11.5. The van der Waals surface area contributed by atoms with Crippen molar-refractivity contribution in [1.29, 1.82) is 0 Å². The number of halogens is 2. The Labute approximate surface area is 183 Å². The number of ether oxygens (including phenoxy) is 1. The zero-order valence-corrected chi connectivity index (χ0v) is 19.0. The molecule has 166 valence electrons.